The molecule has 0 bridgehead atoms. The Morgan fingerprint density at radius 1 is 1.35 bits per heavy atom. The number of nitrogens with two attached hydrogens (primary N) is 1. The maximum absolute atomic E-state index is 5.61. The van der Waals surface area contributed by atoms with E-state index in [0.29, 0.717) is 5.13 Å². The van der Waals surface area contributed by atoms with Crippen LogP contribution in [0.2, 0.25) is 0 Å². The predicted octanol–water partition coefficient (Wildman–Crippen LogP) is 3.85. The minimum atomic E-state index is 0.597. The molecule has 1 heterocycles. The van der Waals surface area contributed by atoms with Gasteiger partial charge in [0.2, 0.25) is 0 Å². The molecule has 0 amide bonds. The monoisotopic (exact) mass is 376 g/mol. The van der Waals surface area contributed by atoms with Gasteiger partial charge in [0.25, 0.3) is 0 Å². The lowest BCUT2D eigenvalue weighted by atomic mass is 10.1. The van der Waals surface area contributed by atoms with Crippen LogP contribution in [0.3, 0.4) is 0 Å². The van der Waals surface area contributed by atoms with Crippen LogP contribution in [0.5, 0.6) is 5.75 Å². The Labute approximate surface area is 120 Å². The second-order valence-electron chi connectivity index (χ2n) is 3.42. The molecule has 0 aliphatic heterocycles. The third kappa shape index (κ3) is 3.00. The van der Waals surface area contributed by atoms with Crippen LogP contribution in [-0.4, -0.2) is 12.1 Å². The summed E-state index contributed by atoms with van der Waals surface area (Å²) < 4.78 is 7.25. The number of halogens is 2. The Balaban J connectivity index is 2.32. The highest BCUT2D eigenvalue weighted by molar-refractivity contribution is 9.11. The van der Waals surface area contributed by atoms with Gasteiger partial charge in [-0.15, -0.1) is 11.3 Å². The van der Waals surface area contributed by atoms with Gasteiger partial charge in [0.1, 0.15) is 5.75 Å². The highest BCUT2D eigenvalue weighted by Crippen LogP contribution is 2.33. The molecule has 1 aromatic carbocycles. The quantitative estimate of drug-likeness (QED) is 0.883. The number of hydrogen-bond acceptors (Lipinski definition) is 4. The number of methoxy groups -OCH3 is 1. The van der Waals surface area contributed by atoms with E-state index in [1.165, 1.54) is 11.3 Å². The van der Waals surface area contributed by atoms with Crippen LogP contribution in [0.1, 0.15) is 10.4 Å². The fraction of sp³-hybridized carbons (Fsp3) is 0.182. The molecule has 0 spiro atoms. The molecule has 0 aliphatic rings. The third-order valence-electron chi connectivity index (χ3n) is 2.26. The SMILES string of the molecule is COc1cc(Cc2cnc(N)s2)c(Br)cc1Br. The average Bonchev–Trinajstić information content (AvgIpc) is 2.68. The minimum Gasteiger partial charge on any atom is -0.496 e. The first-order chi connectivity index (χ1) is 8.10. The van der Waals surface area contributed by atoms with Crippen LogP contribution < -0.4 is 10.5 Å². The van der Waals surface area contributed by atoms with Gasteiger partial charge < -0.3 is 10.5 Å². The van der Waals surface area contributed by atoms with E-state index in [1.807, 2.05) is 12.1 Å². The van der Waals surface area contributed by atoms with Gasteiger partial charge in [0, 0.05) is 22.0 Å². The number of rotatable bonds is 3. The van der Waals surface area contributed by atoms with Crippen molar-refractivity contribution in [3.8, 4) is 5.75 Å². The lowest BCUT2D eigenvalue weighted by Crippen LogP contribution is -1.91. The summed E-state index contributed by atoms with van der Waals surface area (Å²) in [4.78, 5) is 5.18. The van der Waals surface area contributed by atoms with Crippen molar-refractivity contribution in [1.82, 2.24) is 4.98 Å². The Hall–Kier alpha value is -0.590. The topological polar surface area (TPSA) is 48.1 Å². The van der Waals surface area contributed by atoms with E-state index in [4.69, 9.17) is 10.5 Å². The molecule has 0 aliphatic carbocycles. The van der Waals surface area contributed by atoms with Crippen molar-refractivity contribution in [3.63, 3.8) is 0 Å². The van der Waals surface area contributed by atoms with Gasteiger partial charge >= 0.3 is 0 Å². The molecule has 2 aromatic rings. The molecule has 0 atom stereocenters. The van der Waals surface area contributed by atoms with Crippen LogP contribution in [0.15, 0.2) is 27.3 Å². The van der Waals surface area contributed by atoms with E-state index in [2.05, 4.69) is 36.8 Å². The van der Waals surface area contributed by atoms with Crippen molar-refractivity contribution in [3.05, 3.63) is 37.7 Å². The van der Waals surface area contributed by atoms with Crippen molar-refractivity contribution in [2.24, 2.45) is 0 Å². The molecule has 1 aromatic heterocycles. The van der Waals surface area contributed by atoms with Crippen molar-refractivity contribution in [2.75, 3.05) is 12.8 Å². The lowest BCUT2D eigenvalue weighted by molar-refractivity contribution is 0.411. The Kier molecular flexibility index (Phi) is 4.06. The maximum atomic E-state index is 5.61. The molecule has 6 heteroatoms. The number of nitrogen functional groups attached to an aromatic ring is 1. The fourth-order valence-corrected chi connectivity index (χ4v) is 3.46. The van der Waals surface area contributed by atoms with Gasteiger partial charge in [-0.25, -0.2) is 4.98 Å². The molecule has 0 unspecified atom stereocenters. The minimum absolute atomic E-state index is 0.597. The molecule has 17 heavy (non-hydrogen) atoms. The zero-order valence-electron chi connectivity index (χ0n) is 9.04. The summed E-state index contributed by atoms with van der Waals surface area (Å²) in [5, 5.41) is 0.597. The second kappa shape index (κ2) is 5.37. The first-order valence-corrected chi connectivity index (χ1v) is 7.22. The summed E-state index contributed by atoms with van der Waals surface area (Å²) in [5.41, 5.74) is 6.76. The first kappa shape index (κ1) is 12.9. The molecule has 0 fully saturated rings. The van der Waals surface area contributed by atoms with Gasteiger partial charge in [-0.3, -0.25) is 0 Å². The third-order valence-corrected chi connectivity index (χ3v) is 4.44. The van der Waals surface area contributed by atoms with Crippen molar-refractivity contribution >= 4 is 48.3 Å². The van der Waals surface area contributed by atoms with Crippen molar-refractivity contribution < 1.29 is 4.74 Å². The fourth-order valence-electron chi connectivity index (χ4n) is 1.46. The van der Waals surface area contributed by atoms with E-state index in [0.717, 1.165) is 31.6 Å². The molecular weight excluding hydrogens is 368 g/mol. The van der Waals surface area contributed by atoms with Crippen LogP contribution in [0.4, 0.5) is 5.13 Å². The van der Waals surface area contributed by atoms with Gasteiger partial charge in [0.15, 0.2) is 5.13 Å². The van der Waals surface area contributed by atoms with E-state index >= 15 is 0 Å². The number of ether oxygens (including phenoxy) is 1. The highest BCUT2D eigenvalue weighted by Gasteiger charge is 2.09. The predicted molar refractivity (Wildman–Crippen MR) is 77.7 cm³/mol. The Morgan fingerprint density at radius 3 is 2.71 bits per heavy atom. The average molecular weight is 378 g/mol. The van der Waals surface area contributed by atoms with Gasteiger partial charge in [-0.05, 0) is 33.6 Å². The van der Waals surface area contributed by atoms with E-state index in [1.54, 1.807) is 13.3 Å². The molecular formula is C11H10Br2N2OS. The van der Waals surface area contributed by atoms with E-state index < -0.39 is 0 Å². The summed E-state index contributed by atoms with van der Waals surface area (Å²) in [5.74, 6) is 0.820. The van der Waals surface area contributed by atoms with Gasteiger partial charge in [0.05, 0.1) is 11.6 Å². The molecule has 2 N–H and O–H groups in total. The number of nitrogens with zero attached hydrogens (tertiary/aromatic N) is 1. The zero-order chi connectivity index (χ0) is 12.4. The molecule has 0 radical (unpaired) electrons. The number of thiazole rings is 1. The Morgan fingerprint density at radius 2 is 2.12 bits per heavy atom. The van der Waals surface area contributed by atoms with Crippen molar-refractivity contribution in [2.45, 2.75) is 6.42 Å². The highest BCUT2D eigenvalue weighted by atomic mass is 79.9. The smallest absolute Gasteiger partial charge is 0.180 e. The van der Waals surface area contributed by atoms with Crippen LogP contribution >= 0.6 is 43.2 Å². The molecule has 0 saturated carbocycles. The summed E-state index contributed by atoms with van der Waals surface area (Å²) in [6.07, 6.45) is 2.60. The summed E-state index contributed by atoms with van der Waals surface area (Å²) in [6.45, 7) is 0. The van der Waals surface area contributed by atoms with Crippen LogP contribution in [-0.2, 0) is 6.42 Å². The number of aromatic nitrogens is 1. The van der Waals surface area contributed by atoms with Crippen LogP contribution in [0.25, 0.3) is 0 Å². The summed E-state index contributed by atoms with van der Waals surface area (Å²) in [6, 6.07) is 3.99. The first-order valence-electron chi connectivity index (χ1n) is 4.82. The molecule has 90 valence electrons. The normalized spacial score (nSPS) is 10.5. The van der Waals surface area contributed by atoms with E-state index in [9.17, 15) is 0 Å². The van der Waals surface area contributed by atoms with Crippen molar-refractivity contribution in [1.29, 1.82) is 0 Å². The zero-order valence-corrected chi connectivity index (χ0v) is 13.0. The van der Waals surface area contributed by atoms with Gasteiger partial charge in [-0.1, -0.05) is 15.9 Å². The molecule has 0 saturated heterocycles. The lowest BCUT2D eigenvalue weighted by Gasteiger charge is -2.08. The molecule has 3 nitrogen and oxygen atoms in total. The number of hydrogen-bond donors (Lipinski definition) is 1. The standard InChI is InChI=1S/C11H10Br2N2OS/c1-16-10-3-6(8(12)4-9(10)13)2-7-5-15-11(14)17-7/h3-5H,2H2,1H3,(H2,14,15). The number of anilines is 1. The van der Waals surface area contributed by atoms with E-state index in [-0.39, 0.29) is 0 Å². The second-order valence-corrected chi connectivity index (χ2v) is 6.28. The van der Waals surface area contributed by atoms with Crippen LogP contribution in [0, 0.1) is 0 Å². The summed E-state index contributed by atoms with van der Waals surface area (Å²) >= 11 is 8.49. The number of benzene rings is 1. The van der Waals surface area contributed by atoms with Gasteiger partial charge in [-0.2, -0.15) is 0 Å². The summed E-state index contributed by atoms with van der Waals surface area (Å²) in [7, 11) is 1.66. The molecule has 2 rings (SSSR count). The largest absolute Gasteiger partial charge is 0.496 e. The maximum Gasteiger partial charge on any atom is 0.180 e. The Bertz CT molecular complexity index is 542.